The van der Waals surface area contributed by atoms with Crippen molar-refractivity contribution in [2.75, 3.05) is 12.9 Å². The summed E-state index contributed by atoms with van der Waals surface area (Å²) in [7, 11) is 1.67. The van der Waals surface area contributed by atoms with Gasteiger partial charge >= 0.3 is 0 Å². The Hall–Kier alpha value is -1.55. The Labute approximate surface area is 112 Å². The highest BCUT2D eigenvalue weighted by molar-refractivity contribution is 7.99. The first-order valence-corrected chi connectivity index (χ1v) is 6.84. The number of benzene rings is 1. The average molecular weight is 260 g/mol. The molecule has 4 heteroatoms. The van der Waals surface area contributed by atoms with E-state index in [9.17, 15) is 0 Å². The van der Waals surface area contributed by atoms with E-state index in [-0.39, 0.29) is 0 Å². The van der Waals surface area contributed by atoms with Crippen LogP contribution in [0.4, 0.5) is 0 Å². The van der Waals surface area contributed by atoms with Crippen LogP contribution < -0.4 is 4.74 Å². The fraction of sp³-hybridized carbons (Fsp3) is 0.286. The zero-order valence-corrected chi connectivity index (χ0v) is 11.6. The topological polar surface area (TPSA) is 35.0 Å². The molecule has 3 nitrogen and oxygen atoms in total. The number of hydrogen-bond acceptors (Lipinski definition) is 4. The average Bonchev–Trinajstić information content (AvgIpc) is 2.38. The van der Waals surface area contributed by atoms with Gasteiger partial charge in [0, 0.05) is 11.3 Å². The van der Waals surface area contributed by atoms with Crippen molar-refractivity contribution in [1.82, 2.24) is 9.97 Å². The first-order valence-electron chi connectivity index (χ1n) is 5.86. The number of ether oxygens (including phenoxy) is 1. The van der Waals surface area contributed by atoms with Crippen molar-refractivity contribution in [1.29, 1.82) is 0 Å². The molecule has 0 spiro atoms. The van der Waals surface area contributed by atoms with Crippen LogP contribution in [0.25, 0.3) is 11.3 Å². The van der Waals surface area contributed by atoms with Crippen molar-refractivity contribution < 1.29 is 4.74 Å². The molecule has 0 saturated heterocycles. The zero-order chi connectivity index (χ0) is 13.0. The lowest BCUT2D eigenvalue weighted by Gasteiger charge is -2.06. The van der Waals surface area contributed by atoms with Gasteiger partial charge in [0.05, 0.1) is 12.8 Å². The highest BCUT2D eigenvalue weighted by atomic mass is 32.2. The largest absolute Gasteiger partial charge is 0.497 e. The fourth-order valence-corrected chi connectivity index (χ4v) is 2.27. The Morgan fingerprint density at radius 1 is 1.17 bits per heavy atom. The summed E-state index contributed by atoms with van der Waals surface area (Å²) in [4.78, 5) is 8.97. The quantitative estimate of drug-likeness (QED) is 0.622. The van der Waals surface area contributed by atoms with Gasteiger partial charge in [-0.3, -0.25) is 0 Å². The molecular formula is C14H16N2OS. The van der Waals surface area contributed by atoms with Gasteiger partial charge in [-0.15, -0.1) is 0 Å². The molecular weight excluding hydrogens is 244 g/mol. The van der Waals surface area contributed by atoms with Gasteiger partial charge in [-0.2, -0.15) is 0 Å². The van der Waals surface area contributed by atoms with Crippen LogP contribution in [0.2, 0.25) is 0 Å². The second-order valence-electron chi connectivity index (χ2n) is 3.84. The Kier molecular flexibility index (Phi) is 4.20. The Morgan fingerprint density at radius 3 is 2.50 bits per heavy atom. The predicted octanol–water partition coefficient (Wildman–Crippen LogP) is 3.57. The van der Waals surface area contributed by atoms with Crippen molar-refractivity contribution in [2.45, 2.75) is 19.0 Å². The second-order valence-corrected chi connectivity index (χ2v) is 5.07. The van der Waals surface area contributed by atoms with E-state index in [4.69, 9.17) is 4.74 Å². The van der Waals surface area contributed by atoms with Crippen molar-refractivity contribution in [2.24, 2.45) is 0 Å². The summed E-state index contributed by atoms with van der Waals surface area (Å²) in [5, 5.41) is 0.836. The Morgan fingerprint density at radius 2 is 1.89 bits per heavy atom. The van der Waals surface area contributed by atoms with Crippen LogP contribution in [0.3, 0.4) is 0 Å². The first-order chi connectivity index (χ1) is 8.72. The van der Waals surface area contributed by atoms with E-state index in [1.165, 1.54) is 0 Å². The third kappa shape index (κ3) is 3.01. The van der Waals surface area contributed by atoms with Crippen LogP contribution in [0.5, 0.6) is 5.75 Å². The predicted molar refractivity (Wildman–Crippen MR) is 75.2 cm³/mol. The van der Waals surface area contributed by atoms with Gasteiger partial charge in [0.25, 0.3) is 0 Å². The second kappa shape index (κ2) is 5.87. The molecule has 18 heavy (non-hydrogen) atoms. The SMILES string of the molecule is CCSc1nc(C)cc(-c2ccc(OC)cc2)n1. The number of nitrogens with zero attached hydrogens (tertiary/aromatic N) is 2. The first kappa shape index (κ1) is 12.9. The van der Waals surface area contributed by atoms with Crippen LogP contribution in [0, 0.1) is 6.92 Å². The van der Waals surface area contributed by atoms with Gasteiger partial charge in [-0.1, -0.05) is 18.7 Å². The van der Waals surface area contributed by atoms with E-state index in [1.54, 1.807) is 18.9 Å². The van der Waals surface area contributed by atoms with E-state index < -0.39 is 0 Å². The lowest BCUT2D eigenvalue weighted by atomic mass is 10.1. The van der Waals surface area contributed by atoms with Gasteiger partial charge in [-0.05, 0) is 43.0 Å². The van der Waals surface area contributed by atoms with E-state index in [1.807, 2.05) is 37.3 Å². The molecule has 0 bridgehead atoms. The summed E-state index contributed by atoms with van der Waals surface area (Å²) in [6.07, 6.45) is 0. The van der Waals surface area contributed by atoms with E-state index in [2.05, 4.69) is 16.9 Å². The molecule has 0 radical (unpaired) electrons. The van der Waals surface area contributed by atoms with Crippen molar-refractivity contribution in [3.63, 3.8) is 0 Å². The lowest BCUT2D eigenvalue weighted by Crippen LogP contribution is -1.93. The molecule has 0 N–H and O–H groups in total. The molecule has 94 valence electrons. The maximum atomic E-state index is 5.15. The number of thioether (sulfide) groups is 1. The minimum atomic E-state index is 0.836. The van der Waals surface area contributed by atoms with E-state index >= 15 is 0 Å². The van der Waals surface area contributed by atoms with Crippen LogP contribution in [-0.4, -0.2) is 22.8 Å². The molecule has 0 amide bonds. The van der Waals surface area contributed by atoms with Gasteiger partial charge in [-0.25, -0.2) is 9.97 Å². The monoisotopic (exact) mass is 260 g/mol. The van der Waals surface area contributed by atoms with Crippen molar-refractivity contribution >= 4 is 11.8 Å². The molecule has 2 rings (SSSR count). The highest BCUT2D eigenvalue weighted by Gasteiger charge is 2.05. The summed E-state index contributed by atoms with van der Waals surface area (Å²) in [5.74, 6) is 1.83. The number of aryl methyl sites for hydroxylation is 1. The van der Waals surface area contributed by atoms with Crippen LogP contribution in [0.15, 0.2) is 35.5 Å². The summed E-state index contributed by atoms with van der Waals surface area (Å²) >= 11 is 1.66. The van der Waals surface area contributed by atoms with E-state index in [0.29, 0.717) is 0 Å². The zero-order valence-electron chi connectivity index (χ0n) is 10.8. The molecule has 0 aliphatic rings. The Balaban J connectivity index is 2.36. The molecule has 1 heterocycles. The van der Waals surface area contributed by atoms with Gasteiger partial charge < -0.3 is 4.74 Å². The van der Waals surface area contributed by atoms with Gasteiger partial charge in [0.1, 0.15) is 5.75 Å². The van der Waals surface area contributed by atoms with Crippen molar-refractivity contribution in [3.05, 3.63) is 36.0 Å². The molecule has 0 aliphatic heterocycles. The molecule has 0 atom stereocenters. The molecule has 1 aromatic heterocycles. The number of hydrogen-bond donors (Lipinski definition) is 0. The van der Waals surface area contributed by atoms with Crippen LogP contribution in [0.1, 0.15) is 12.6 Å². The standard InChI is InChI=1S/C14H16N2OS/c1-4-18-14-15-10(2)9-13(16-14)11-5-7-12(17-3)8-6-11/h5-9H,4H2,1-3H3. The Bertz CT molecular complexity index is 526. The van der Waals surface area contributed by atoms with Gasteiger partial charge in [0.2, 0.25) is 0 Å². The minimum absolute atomic E-state index is 0.836. The number of aromatic nitrogens is 2. The minimum Gasteiger partial charge on any atom is -0.497 e. The van der Waals surface area contributed by atoms with Gasteiger partial charge in [0.15, 0.2) is 5.16 Å². The fourth-order valence-electron chi connectivity index (χ4n) is 1.64. The molecule has 0 unspecified atom stereocenters. The number of rotatable bonds is 4. The summed E-state index contributed by atoms with van der Waals surface area (Å²) in [6.45, 7) is 4.10. The van der Waals surface area contributed by atoms with E-state index in [0.717, 1.165) is 33.6 Å². The maximum absolute atomic E-state index is 5.15. The van der Waals surface area contributed by atoms with Crippen LogP contribution >= 0.6 is 11.8 Å². The molecule has 0 fully saturated rings. The summed E-state index contributed by atoms with van der Waals surface area (Å²) in [5.41, 5.74) is 3.03. The summed E-state index contributed by atoms with van der Waals surface area (Å²) < 4.78 is 5.15. The molecule has 1 aromatic carbocycles. The summed E-state index contributed by atoms with van der Waals surface area (Å²) in [6, 6.07) is 9.92. The lowest BCUT2D eigenvalue weighted by molar-refractivity contribution is 0.415. The normalized spacial score (nSPS) is 10.4. The van der Waals surface area contributed by atoms with Crippen molar-refractivity contribution in [3.8, 4) is 17.0 Å². The third-order valence-corrected chi connectivity index (χ3v) is 3.22. The molecule has 2 aromatic rings. The molecule has 0 aliphatic carbocycles. The van der Waals surface area contributed by atoms with Crippen LogP contribution in [-0.2, 0) is 0 Å². The maximum Gasteiger partial charge on any atom is 0.188 e. The highest BCUT2D eigenvalue weighted by Crippen LogP contribution is 2.23. The smallest absolute Gasteiger partial charge is 0.188 e. The number of methoxy groups -OCH3 is 1. The molecule has 0 saturated carbocycles. The third-order valence-electron chi connectivity index (χ3n) is 2.49.